The molecule has 0 bridgehead atoms. The Kier molecular flexibility index (Phi) is 8.75. The van der Waals surface area contributed by atoms with E-state index in [2.05, 4.69) is 6.92 Å². The molecule has 0 saturated carbocycles. The molecule has 2 fully saturated rings. The fraction of sp³-hybridized carbons (Fsp3) is 0.654. The van der Waals surface area contributed by atoms with Gasteiger partial charge in [0.1, 0.15) is 5.75 Å². The summed E-state index contributed by atoms with van der Waals surface area (Å²) in [5.41, 5.74) is 0.975. The van der Waals surface area contributed by atoms with E-state index >= 15 is 0 Å². The van der Waals surface area contributed by atoms with E-state index in [9.17, 15) is 14.4 Å². The van der Waals surface area contributed by atoms with Gasteiger partial charge in [0.15, 0.2) is 0 Å². The summed E-state index contributed by atoms with van der Waals surface area (Å²) < 4.78 is 5.29. The molecule has 2 aliphatic rings. The Balaban J connectivity index is 1.74. The number of carbonyl (C=O) groups is 3. The maximum atomic E-state index is 13.6. The van der Waals surface area contributed by atoms with E-state index in [1.54, 1.807) is 7.11 Å². The summed E-state index contributed by atoms with van der Waals surface area (Å²) in [6.07, 6.45) is 3.53. The first kappa shape index (κ1) is 25.1. The molecule has 0 spiro atoms. The number of hydrogen-bond donors (Lipinski definition) is 0. The van der Waals surface area contributed by atoms with E-state index in [-0.39, 0.29) is 36.1 Å². The maximum absolute atomic E-state index is 13.6. The molecule has 3 rings (SSSR count). The summed E-state index contributed by atoms with van der Waals surface area (Å²) >= 11 is 0. The first-order valence-corrected chi connectivity index (χ1v) is 12.5. The molecule has 0 radical (unpaired) electrons. The molecule has 3 amide bonds. The number of rotatable bonds is 9. The van der Waals surface area contributed by atoms with Gasteiger partial charge in [-0.15, -0.1) is 0 Å². The molecule has 2 heterocycles. The second kappa shape index (κ2) is 11.5. The first-order valence-electron chi connectivity index (χ1n) is 12.5. The first-order chi connectivity index (χ1) is 15.9. The van der Waals surface area contributed by atoms with Crippen LogP contribution in [0.4, 0.5) is 0 Å². The third kappa shape index (κ3) is 5.50. The van der Waals surface area contributed by atoms with Crippen molar-refractivity contribution in [3.8, 4) is 5.75 Å². The topological polar surface area (TPSA) is 70.2 Å². The lowest BCUT2D eigenvalue weighted by molar-refractivity contribution is -0.143. The number of piperidine rings is 1. The molecular formula is C26H39N3O4. The van der Waals surface area contributed by atoms with Gasteiger partial charge in [-0.2, -0.15) is 0 Å². The highest BCUT2D eigenvalue weighted by Crippen LogP contribution is 2.40. The quantitative estimate of drug-likeness (QED) is 0.569. The van der Waals surface area contributed by atoms with Crippen LogP contribution in [0.15, 0.2) is 24.3 Å². The molecule has 0 N–H and O–H groups in total. The number of methoxy groups -OCH3 is 1. The molecule has 1 aromatic carbocycles. The Bertz CT molecular complexity index is 813. The number of likely N-dealkylation sites (tertiary alicyclic amines) is 2. The minimum absolute atomic E-state index is 0.0161. The van der Waals surface area contributed by atoms with Crippen molar-refractivity contribution in [1.29, 1.82) is 0 Å². The summed E-state index contributed by atoms with van der Waals surface area (Å²) in [6.45, 7) is 9.36. The van der Waals surface area contributed by atoms with Crippen LogP contribution in [-0.2, 0) is 14.4 Å². The molecule has 7 nitrogen and oxygen atoms in total. The van der Waals surface area contributed by atoms with Crippen LogP contribution >= 0.6 is 0 Å². The molecule has 1 aromatic rings. The van der Waals surface area contributed by atoms with Gasteiger partial charge in [0.25, 0.3) is 0 Å². The molecular weight excluding hydrogens is 418 g/mol. The molecule has 0 aromatic heterocycles. The molecule has 7 heteroatoms. The van der Waals surface area contributed by atoms with Gasteiger partial charge in [-0.3, -0.25) is 14.4 Å². The number of carbonyl (C=O) groups excluding carboxylic acids is 3. The van der Waals surface area contributed by atoms with Crippen LogP contribution in [-0.4, -0.2) is 72.3 Å². The number of nitrogens with zero attached hydrogens (tertiary/aromatic N) is 3. The van der Waals surface area contributed by atoms with Gasteiger partial charge in [-0.05, 0) is 50.8 Å². The lowest BCUT2D eigenvalue weighted by Gasteiger charge is -2.36. The average Bonchev–Trinajstić information content (AvgIpc) is 3.18. The second-order valence-corrected chi connectivity index (χ2v) is 9.08. The van der Waals surface area contributed by atoms with Crippen molar-refractivity contribution in [2.45, 2.75) is 58.9 Å². The van der Waals surface area contributed by atoms with E-state index in [0.717, 1.165) is 37.2 Å². The maximum Gasteiger partial charge on any atom is 0.228 e. The van der Waals surface area contributed by atoms with Crippen molar-refractivity contribution >= 4 is 17.7 Å². The summed E-state index contributed by atoms with van der Waals surface area (Å²) in [5, 5.41) is 0. The van der Waals surface area contributed by atoms with Gasteiger partial charge in [0, 0.05) is 45.1 Å². The predicted molar refractivity (Wildman–Crippen MR) is 128 cm³/mol. The molecule has 2 saturated heterocycles. The molecule has 2 aliphatic heterocycles. The second-order valence-electron chi connectivity index (χ2n) is 9.08. The third-order valence-electron chi connectivity index (χ3n) is 7.19. The van der Waals surface area contributed by atoms with Gasteiger partial charge < -0.3 is 19.4 Å². The van der Waals surface area contributed by atoms with Crippen molar-refractivity contribution in [2.75, 3.05) is 39.8 Å². The SMILES string of the molecule is CCCCN1C(=O)CC(C(=O)N2CCC(C(=O)N(CC)CC)CC2)C1c1ccc(OC)cc1. The zero-order valence-corrected chi connectivity index (χ0v) is 20.6. The normalized spacial score (nSPS) is 21.4. The third-order valence-corrected chi connectivity index (χ3v) is 7.19. The zero-order chi connectivity index (χ0) is 24.0. The van der Waals surface area contributed by atoms with Gasteiger partial charge in [0.2, 0.25) is 17.7 Å². The number of ether oxygens (including phenoxy) is 1. The van der Waals surface area contributed by atoms with Crippen LogP contribution in [0, 0.1) is 11.8 Å². The van der Waals surface area contributed by atoms with Crippen molar-refractivity contribution in [3.05, 3.63) is 29.8 Å². The summed E-state index contributed by atoms with van der Waals surface area (Å²) in [4.78, 5) is 44.9. The van der Waals surface area contributed by atoms with Crippen LogP contribution in [0.2, 0.25) is 0 Å². The number of amides is 3. The van der Waals surface area contributed by atoms with Crippen LogP contribution in [0.5, 0.6) is 5.75 Å². The molecule has 182 valence electrons. The number of unbranched alkanes of at least 4 members (excludes halogenated alkanes) is 1. The standard InChI is InChI=1S/C26H39N3O4/c1-5-8-15-29-23(30)18-22(24(29)19-9-11-21(33-4)12-10-19)26(32)28-16-13-20(14-17-28)25(31)27(6-2)7-3/h9-12,20,22,24H,5-8,13-18H2,1-4H3. The Labute approximate surface area is 198 Å². The van der Waals surface area contributed by atoms with E-state index in [1.807, 2.05) is 52.8 Å². The van der Waals surface area contributed by atoms with Gasteiger partial charge >= 0.3 is 0 Å². The minimum Gasteiger partial charge on any atom is -0.497 e. The lowest BCUT2D eigenvalue weighted by Crippen LogP contribution is -2.46. The highest BCUT2D eigenvalue weighted by Gasteiger charge is 2.46. The van der Waals surface area contributed by atoms with Crippen LogP contribution in [0.3, 0.4) is 0 Å². The van der Waals surface area contributed by atoms with Gasteiger partial charge in [0.05, 0.1) is 19.1 Å². The van der Waals surface area contributed by atoms with E-state index in [4.69, 9.17) is 4.74 Å². The minimum atomic E-state index is -0.391. The Morgan fingerprint density at radius 3 is 2.24 bits per heavy atom. The number of benzene rings is 1. The molecule has 2 unspecified atom stereocenters. The molecule has 2 atom stereocenters. The van der Waals surface area contributed by atoms with Crippen LogP contribution in [0.25, 0.3) is 0 Å². The zero-order valence-electron chi connectivity index (χ0n) is 20.6. The Morgan fingerprint density at radius 2 is 1.70 bits per heavy atom. The monoisotopic (exact) mass is 457 g/mol. The average molecular weight is 458 g/mol. The summed E-state index contributed by atoms with van der Waals surface area (Å²) in [5.74, 6) is 0.637. The van der Waals surface area contributed by atoms with E-state index in [0.29, 0.717) is 32.5 Å². The van der Waals surface area contributed by atoms with Gasteiger partial charge in [-0.1, -0.05) is 25.5 Å². The van der Waals surface area contributed by atoms with Crippen molar-refractivity contribution in [3.63, 3.8) is 0 Å². The van der Waals surface area contributed by atoms with Crippen molar-refractivity contribution in [1.82, 2.24) is 14.7 Å². The Hall–Kier alpha value is -2.57. The fourth-order valence-electron chi connectivity index (χ4n) is 5.19. The largest absolute Gasteiger partial charge is 0.497 e. The molecule has 0 aliphatic carbocycles. The van der Waals surface area contributed by atoms with Crippen molar-refractivity contribution < 1.29 is 19.1 Å². The van der Waals surface area contributed by atoms with Gasteiger partial charge in [-0.25, -0.2) is 0 Å². The van der Waals surface area contributed by atoms with E-state index < -0.39 is 5.92 Å². The summed E-state index contributed by atoms with van der Waals surface area (Å²) in [7, 11) is 1.63. The fourth-order valence-corrected chi connectivity index (χ4v) is 5.19. The predicted octanol–water partition coefficient (Wildman–Crippen LogP) is 3.49. The smallest absolute Gasteiger partial charge is 0.228 e. The van der Waals surface area contributed by atoms with Crippen LogP contribution in [0.1, 0.15) is 64.5 Å². The Morgan fingerprint density at radius 1 is 1.06 bits per heavy atom. The number of hydrogen-bond acceptors (Lipinski definition) is 4. The lowest BCUT2D eigenvalue weighted by atomic mass is 9.89. The summed E-state index contributed by atoms with van der Waals surface area (Å²) in [6, 6.07) is 7.47. The molecule has 33 heavy (non-hydrogen) atoms. The van der Waals surface area contributed by atoms with E-state index in [1.165, 1.54) is 0 Å². The van der Waals surface area contributed by atoms with Crippen LogP contribution < -0.4 is 4.74 Å². The highest BCUT2D eigenvalue weighted by molar-refractivity contribution is 5.90. The van der Waals surface area contributed by atoms with Crippen molar-refractivity contribution in [2.24, 2.45) is 11.8 Å². The highest BCUT2D eigenvalue weighted by atomic mass is 16.5.